The smallest absolute Gasteiger partial charge is 0.314 e. The number of carbonyl (C=O) groups is 1. The van der Waals surface area contributed by atoms with Crippen LogP contribution in [0.25, 0.3) is 0 Å². The van der Waals surface area contributed by atoms with E-state index in [0.717, 1.165) is 24.8 Å². The normalized spacial score (nSPS) is 17.9. The van der Waals surface area contributed by atoms with Crippen molar-refractivity contribution < 1.29 is 9.90 Å². The first-order chi connectivity index (χ1) is 7.60. The molecule has 16 heavy (non-hydrogen) atoms. The molecule has 0 bridgehead atoms. The van der Waals surface area contributed by atoms with E-state index < -0.39 is 11.4 Å². The van der Waals surface area contributed by atoms with Crippen LogP contribution in [0.4, 0.5) is 0 Å². The lowest BCUT2D eigenvalue weighted by Gasteiger charge is -2.38. The van der Waals surface area contributed by atoms with Crippen molar-refractivity contribution in [2.75, 3.05) is 6.26 Å². The second-order valence-corrected chi connectivity index (χ2v) is 5.27. The van der Waals surface area contributed by atoms with Gasteiger partial charge in [0.05, 0.1) is 5.41 Å². The number of aryl methyl sites for hydroxylation is 1. The number of rotatable bonds is 3. The van der Waals surface area contributed by atoms with E-state index in [1.165, 1.54) is 10.5 Å². The average molecular weight is 236 g/mol. The van der Waals surface area contributed by atoms with Crippen LogP contribution in [-0.4, -0.2) is 17.3 Å². The van der Waals surface area contributed by atoms with Gasteiger partial charge in [-0.1, -0.05) is 18.6 Å². The van der Waals surface area contributed by atoms with Gasteiger partial charge in [0.1, 0.15) is 0 Å². The quantitative estimate of drug-likeness (QED) is 0.819. The summed E-state index contributed by atoms with van der Waals surface area (Å²) in [6, 6.07) is 6.06. The fourth-order valence-electron chi connectivity index (χ4n) is 2.33. The Morgan fingerprint density at radius 1 is 1.44 bits per heavy atom. The molecule has 3 heteroatoms. The second-order valence-electron chi connectivity index (χ2n) is 4.43. The monoisotopic (exact) mass is 236 g/mol. The van der Waals surface area contributed by atoms with E-state index in [4.69, 9.17) is 0 Å². The molecule has 1 N–H and O–H groups in total. The van der Waals surface area contributed by atoms with Gasteiger partial charge in [0.2, 0.25) is 0 Å². The van der Waals surface area contributed by atoms with Crippen LogP contribution < -0.4 is 0 Å². The van der Waals surface area contributed by atoms with E-state index in [9.17, 15) is 9.90 Å². The number of carboxylic acid groups (broad SMARTS) is 1. The van der Waals surface area contributed by atoms with Crippen LogP contribution in [0.1, 0.15) is 30.4 Å². The molecule has 1 saturated carbocycles. The maximum absolute atomic E-state index is 11.4. The third-order valence-corrected chi connectivity index (χ3v) is 4.46. The highest BCUT2D eigenvalue weighted by molar-refractivity contribution is 7.98. The maximum atomic E-state index is 11.4. The number of benzene rings is 1. The number of aliphatic carboxylic acids is 1. The molecular formula is C13H16O2S. The summed E-state index contributed by atoms with van der Waals surface area (Å²) in [5.74, 6) is -0.671. The Morgan fingerprint density at radius 2 is 2.12 bits per heavy atom. The topological polar surface area (TPSA) is 37.3 Å². The highest BCUT2D eigenvalue weighted by atomic mass is 32.2. The molecule has 0 heterocycles. The van der Waals surface area contributed by atoms with Crippen molar-refractivity contribution in [2.24, 2.45) is 0 Å². The summed E-state index contributed by atoms with van der Waals surface area (Å²) >= 11 is 1.70. The number of thioether (sulfide) groups is 1. The molecule has 2 nitrogen and oxygen atoms in total. The zero-order chi connectivity index (χ0) is 11.8. The predicted molar refractivity (Wildman–Crippen MR) is 66.1 cm³/mol. The van der Waals surface area contributed by atoms with Crippen molar-refractivity contribution in [1.82, 2.24) is 0 Å². The fraction of sp³-hybridized carbons (Fsp3) is 0.462. The first-order valence-electron chi connectivity index (χ1n) is 5.49. The molecule has 0 amide bonds. The summed E-state index contributed by atoms with van der Waals surface area (Å²) in [6.07, 6.45) is 4.62. The summed E-state index contributed by atoms with van der Waals surface area (Å²) in [5.41, 5.74) is 1.56. The van der Waals surface area contributed by atoms with Crippen molar-refractivity contribution in [3.63, 3.8) is 0 Å². The summed E-state index contributed by atoms with van der Waals surface area (Å²) in [7, 11) is 0. The van der Waals surface area contributed by atoms with Crippen molar-refractivity contribution in [3.05, 3.63) is 29.3 Å². The van der Waals surface area contributed by atoms with Gasteiger partial charge in [0.25, 0.3) is 0 Å². The van der Waals surface area contributed by atoms with Crippen molar-refractivity contribution in [2.45, 2.75) is 36.5 Å². The molecule has 0 aromatic heterocycles. The molecule has 1 aliphatic rings. The minimum atomic E-state index is -0.671. The molecule has 1 aromatic rings. The molecule has 0 unspecified atom stereocenters. The zero-order valence-corrected chi connectivity index (χ0v) is 10.4. The van der Waals surface area contributed by atoms with E-state index in [1.54, 1.807) is 11.8 Å². The van der Waals surface area contributed by atoms with Crippen LogP contribution >= 0.6 is 11.8 Å². The lowest BCUT2D eigenvalue weighted by atomic mass is 9.64. The first kappa shape index (κ1) is 11.5. The van der Waals surface area contributed by atoms with Gasteiger partial charge in [-0.3, -0.25) is 4.79 Å². The van der Waals surface area contributed by atoms with E-state index >= 15 is 0 Å². The summed E-state index contributed by atoms with van der Waals surface area (Å²) < 4.78 is 0. The van der Waals surface area contributed by atoms with Crippen molar-refractivity contribution in [1.29, 1.82) is 0 Å². The van der Waals surface area contributed by atoms with Crippen molar-refractivity contribution >= 4 is 17.7 Å². The Kier molecular flexibility index (Phi) is 2.98. The van der Waals surface area contributed by atoms with Crippen LogP contribution in [0.3, 0.4) is 0 Å². The molecule has 0 radical (unpaired) electrons. The van der Waals surface area contributed by atoms with Crippen LogP contribution in [0.15, 0.2) is 23.1 Å². The van der Waals surface area contributed by atoms with Gasteiger partial charge in [-0.25, -0.2) is 0 Å². The minimum Gasteiger partial charge on any atom is -0.481 e. The molecule has 0 spiro atoms. The lowest BCUT2D eigenvalue weighted by molar-refractivity contribution is -0.147. The molecule has 1 aromatic carbocycles. The molecule has 2 rings (SSSR count). The Bertz CT molecular complexity index is 422. The molecule has 1 fully saturated rings. The Balaban J connectivity index is 2.40. The third-order valence-electron chi connectivity index (χ3n) is 3.56. The van der Waals surface area contributed by atoms with Gasteiger partial charge in [-0.05, 0) is 43.2 Å². The lowest BCUT2D eigenvalue weighted by Crippen LogP contribution is -2.42. The molecule has 86 valence electrons. The third kappa shape index (κ3) is 1.63. The van der Waals surface area contributed by atoms with Gasteiger partial charge < -0.3 is 5.11 Å². The molecular weight excluding hydrogens is 220 g/mol. The van der Waals surface area contributed by atoms with Crippen molar-refractivity contribution in [3.8, 4) is 0 Å². The maximum Gasteiger partial charge on any atom is 0.314 e. The second kappa shape index (κ2) is 4.13. The highest BCUT2D eigenvalue weighted by Crippen LogP contribution is 2.44. The van der Waals surface area contributed by atoms with Gasteiger partial charge in [-0.15, -0.1) is 11.8 Å². The van der Waals surface area contributed by atoms with Crippen LogP contribution in [0.5, 0.6) is 0 Å². The summed E-state index contributed by atoms with van der Waals surface area (Å²) in [5, 5.41) is 9.35. The van der Waals surface area contributed by atoms with Gasteiger partial charge in [0, 0.05) is 4.90 Å². The van der Waals surface area contributed by atoms with Gasteiger partial charge in [-0.2, -0.15) is 0 Å². The number of carboxylic acids is 1. The van der Waals surface area contributed by atoms with Gasteiger partial charge in [0.15, 0.2) is 0 Å². The Hall–Kier alpha value is -0.960. The summed E-state index contributed by atoms with van der Waals surface area (Å²) in [6.45, 7) is 2.05. The van der Waals surface area contributed by atoms with Crippen LogP contribution in [-0.2, 0) is 10.2 Å². The SMILES string of the molecule is CSc1ccc(C2(C(=O)O)CCC2)cc1C. The number of hydrogen-bond acceptors (Lipinski definition) is 2. The molecule has 0 atom stereocenters. The number of hydrogen-bond donors (Lipinski definition) is 1. The molecule has 1 aliphatic carbocycles. The Labute approximate surface area is 100 Å². The fourth-order valence-corrected chi connectivity index (χ4v) is 2.92. The standard InChI is InChI=1S/C13H16O2S/c1-9-8-10(4-5-11(9)16-2)13(12(14)15)6-3-7-13/h4-5,8H,3,6-7H2,1-2H3,(H,14,15). The van der Waals surface area contributed by atoms with E-state index in [-0.39, 0.29) is 0 Å². The first-order valence-corrected chi connectivity index (χ1v) is 6.71. The van der Waals surface area contributed by atoms with E-state index in [0.29, 0.717) is 0 Å². The summed E-state index contributed by atoms with van der Waals surface area (Å²) in [4.78, 5) is 12.6. The van der Waals surface area contributed by atoms with Gasteiger partial charge >= 0.3 is 5.97 Å². The highest BCUT2D eigenvalue weighted by Gasteiger charge is 2.45. The van der Waals surface area contributed by atoms with E-state index in [1.807, 2.05) is 31.4 Å². The Morgan fingerprint density at radius 3 is 2.50 bits per heavy atom. The zero-order valence-electron chi connectivity index (χ0n) is 9.62. The van der Waals surface area contributed by atoms with Crippen LogP contribution in [0.2, 0.25) is 0 Å². The molecule has 0 saturated heterocycles. The average Bonchev–Trinajstić information content (AvgIpc) is 2.15. The largest absolute Gasteiger partial charge is 0.481 e. The van der Waals surface area contributed by atoms with E-state index in [2.05, 4.69) is 0 Å². The minimum absolute atomic E-state index is 0.596. The predicted octanol–water partition coefficient (Wildman–Crippen LogP) is 3.22. The molecule has 0 aliphatic heterocycles. The van der Waals surface area contributed by atoms with Crippen LogP contribution in [0, 0.1) is 6.92 Å².